The van der Waals surface area contributed by atoms with Gasteiger partial charge in [-0.15, -0.1) is 0 Å². The Hall–Kier alpha value is -2.75. The van der Waals surface area contributed by atoms with Gasteiger partial charge in [0.2, 0.25) is 5.91 Å². The molecule has 0 radical (unpaired) electrons. The van der Waals surface area contributed by atoms with Crippen LogP contribution in [-0.4, -0.2) is 16.7 Å². The van der Waals surface area contributed by atoms with Crippen LogP contribution in [0.2, 0.25) is 0 Å². The van der Waals surface area contributed by atoms with Crippen molar-refractivity contribution >= 4 is 23.5 Å². The third-order valence-corrected chi connectivity index (χ3v) is 2.67. The zero-order valence-corrected chi connectivity index (χ0v) is 11.0. The first-order valence-electron chi connectivity index (χ1n) is 6.15. The van der Waals surface area contributed by atoms with Gasteiger partial charge < -0.3 is 5.32 Å². The molecule has 0 aliphatic rings. The lowest BCUT2D eigenvalue weighted by atomic mass is 10.1. The van der Waals surface area contributed by atoms with Crippen molar-refractivity contribution in [2.24, 2.45) is 0 Å². The van der Waals surface area contributed by atoms with E-state index in [1.807, 2.05) is 6.07 Å². The monoisotopic (exact) mass is 266 g/mol. The molecule has 4 heteroatoms. The van der Waals surface area contributed by atoms with Crippen LogP contribution in [0.4, 0.5) is 5.69 Å². The maximum Gasteiger partial charge on any atom is 0.248 e. The van der Waals surface area contributed by atoms with Crippen molar-refractivity contribution in [3.63, 3.8) is 0 Å². The molecule has 0 aliphatic carbocycles. The largest absolute Gasteiger partial charge is 0.323 e. The van der Waals surface area contributed by atoms with Gasteiger partial charge in [0.1, 0.15) is 0 Å². The molecule has 1 aromatic carbocycles. The van der Waals surface area contributed by atoms with E-state index in [1.54, 1.807) is 48.8 Å². The lowest BCUT2D eigenvalue weighted by Gasteiger charge is -2.02. The first kappa shape index (κ1) is 13.7. The molecule has 1 aromatic heterocycles. The Morgan fingerprint density at radius 2 is 1.90 bits per heavy atom. The van der Waals surface area contributed by atoms with Crippen molar-refractivity contribution in [1.82, 2.24) is 4.98 Å². The number of pyridine rings is 1. The molecule has 0 saturated carbocycles. The third-order valence-electron chi connectivity index (χ3n) is 2.67. The van der Waals surface area contributed by atoms with Gasteiger partial charge in [-0.3, -0.25) is 14.6 Å². The number of anilines is 1. The van der Waals surface area contributed by atoms with Crippen LogP contribution in [-0.2, 0) is 4.79 Å². The summed E-state index contributed by atoms with van der Waals surface area (Å²) in [4.78, 5) is 26.8. The Morgan fingerprint density at radius 1 is 1.15 bits per heavy atom. The van der Waals surface area contributed by atoms with E-state index < -0.39 is 0 Å². The number of hydrogen-bond acceptors (Lipinski definition) is 3. The van der Waals surface area contributed by atoms with Crippen molar-refractivity contribution in [3.8, 4) is 0 Å². The summed E-state index contributed by atoms with van der Waals surface area (Å²) in [5, 5.41) is 2.72. The fourth-order valence-electron chi connectivity index (χ4n) is 1.62. The smallest absolute Gasteiger partial charge is 0.248 e. The van der Waals surface area contributed by atoms with Gasteiger partial charge in [-0.2, -0.15) is 0 Å². The summed E-state index contributed by atoms with van der Waals surface area (Å²) >= 11 is 0. The minimum atomic E-state index is -0.232. The molecule has 0 unspecified atom stereocenters. The molecular weight excluding hydrogens is 252 g/mol. The van der Waals surface area contributed by atoms with E-state index in [2.05, 4.69) is 10.3 Å². The van der Waals surface area contributed by atoms with E-state index in [9.17, 15) is 9.59 Å². The van der Waals surface area contributed by atoms with Crippen molar-refractivity contribution in [2.75, 3.05) is 5.32 Å². The standard InChI is InChI=1S/C16H14N2O2/c1-12(19)14-5-7-15(8-6-14)18-16(20)9-4-13-3-2-10-17-11-13/h2-11H,1H3,(H,18,20)/b9-4+. The summed E-state index contributed by atoms with van der Waals surface area (Å²) in [5.74, 6) is -0.233. The highest BCUT2D eigenvalue weighted by atomic mass is 16.1. The quantitative estimate of drug-likeness (QED) is 0.683. The van der Waals surface area contributed by atoms with Crippen LogP contribution in [0.25, 0.3) is 6.08 Å². The summed E-state index contributed by atoms with van der Waals surface area (Å²) in [5.41, 5.74) is 2.12. The predicted octanol–water partition coefficient (Wildman–Crippen LogP) is 2.94. The number of Topliss-reactive ketones (excluding diaryl/α,β-unsaturated/α-hetero) is 1. The second kappa shape index (κ2) is 6.43. The van der Waals surface area contributed by atoms with Crippen LogP contribution in [0.3, 0.4) is 0 Å². The minimum Gasteiger partial charge on any atom is -0.323 e. The molecule has 0 bridgehead atoms. The SMILES string of the molecule is CC(=O)c1ccc(NC(=O)/C=C/c2cccnc2)cc1. The van der Waals surface area contributed by atoms with Crippen LogP contribution < -0.4 is 5.32 Å². The molecule has 1 heterocycles. The van der Waals surface area contributed by atoms with Gasteiger partial charge in [0.25, 0.3) is 0 Å². The van der Waals surface area contributed by atoms with Crippen LogP contribution >= 0.6 is 0 Å². The number of ketones is 1. The second-order valence-electron chi connectivity index (χ2n) is 4.24. The lowest BCUT2D eigenvalue weighted by molar-refractivity contribution is -0.111. The van der Waals surface area contributed by atoms with Crippen molar-refractivity contribution in [2.45, 2.75) is 6.92 Å². The highest BCUT2D eigenvalue weighted by molar-refractivity contribution is 6.02. The average Bonchev–Trinajstić information content (AvgIpc) is 2.47. The molecule has 4 nitrogen and oxygen atoms in total. The number of amides is 1. The molecule has 20 heavy (non-hydrogen) atoms. The number of carbonyl (C=O) groups excluding carboxylic acids is 2. The Kier molecular flexibility index (Phi) is 4.39. The molecule has 0 saturated heterocycles. The Bertz CT molecular complexity index is 631. The van der Waals surface area contributed by atoms with E-state index in [-0.39, 0.29) is 11.7 Å². The Morgan fingerprint density at radius 3 is 2.50 bits per heavy atom. The number of aromatic nitrogens is 1. The maximum atomic E-state index is 11.7. The second-order valence-corrected chi connectivity index (χ2v) is 4.24. The van der Waals surface area contributed by atoms with Crippen molar-refractivity contribution in [3.05, 3.63) is 66.0 Å². The number of rotatable bonds is 4. The maximum absolute atomic E-state index is 11.7. The third kappa shape index (κ3) is 3.88. The molecule has 0 fully saturated rings. The first-order valence-corrected chi connectivity index (χ1v) is 6.15. The summed E-state index contributed by atoms with van der Waals surface area (Å²) < 4.78 is 0. The molecule has 1 amide bonds. The average molecular weight is 266 g/mol. The number of hydrogen-bond donors (Lipinski definition) is 1. The molecule has 2 rings (SSSR count). The number of nitrogens with zero attached hydrogens (tertiary/aromatic N) is 1. The highest BCUT2D eigenvalue weighted by Gasteiger charge is 2.00. The lowest BCUT2D eigenvalue weighted by Crippen LogP contribution is -2.07. The van der Waals surface area contributed by atoms with Crippen LogP contribution in [0.1, 0.15) is 22.8 Å². The van der Waals surface area contributed by atoms with Crippen molar-refractivity contribution in [1.29, 1.82) is 0 Å². The van der Waals surface area contributed by atoms with Gasteiger partial charge in [0.05, 0.1) is 0 Å². The fourth-order valence-corrected chi connectivity index (χ4v) is 1.62. The van der Waals surface area contributed by atoms with Gasteiger partial charge in [0.15, 0.2) is 5.78 Å². The van der Waals surface area contributed by atoms with Gasteiger partial charge in [-0.1, -0.05) is 6.07 Å². The number of carbonyl (C=O) groups is 2. The van der Waals surface area contributed by atoms with E-state index >= 15 is 0 Å². The van der Waals surface area contributed by atoms with Crippen LogP contribution in [0, 0.1) is 0 Å². The Labute approximate surface area is 117 Å². The van der Waals surface area contributed by atoms with Crippen LogP contribution in [0.5, 0.6) is 0 Å². The van der Waals surface area contributed by atoms with Gasteiger partial charge in [-0.25, -0.2) is 0 Å². The predicted molar refractivity (Wildman–Crippen MR) is 78.3 cm³/mol. The molecule has 0 spiro atoms. The summed E-state index contributed by atoms with van der Waals surface area (Å²) in [6.07, 6.45) is 6.47. The summed E-state index contributed by atoms with van der Waals surface area (Å²) in [7, 11) is 0. The zero-order chi connectivity index (χ0) is 14.4. The highest BCUT2D eigenvalue weighted by Crippen LogP contribution is 2.10. The molecule has 0 atom stereocenters. The fraction of sp³-hybridized carbons (Fsp3) is 0.0625. The molecule has 100 valence electrons. The van der Waals surface area contributed by atoms with Gasteiger partial charge in [0, 0.05) is 29.7 Å². The van der Waals surface area contributed by atoms with Gasteiger partial charge in [-0.05, 0) is 48.9 Å². The van der Waals surface area contributed by atoms with Crippen LogP contribution in [0.15, 0.2) is 54.9 Å². The Balaban J connectivity index is 1.98. The normalized spacial score (nSPS) is 10.4. The van der Waals surface area contributed by atoms with E-state index in [4.69, 9.17) is 0 Å². The van der Waals surface area contributed by atoms with Gasteiger partial charge >= 0.3 is 0 Å². The number of benzene rings is 1. The van der Waals surface area contributed by atoms with E-state index in [0.29, 0.717) is 11.3 Å². The molecule has 2 aromatic rings. The minimum absolute atomic E-state index is 0.000602. The summed E-state index contributed by atoms with van der Waals surface area (Å²) in [6.45, 7) is 1.50. The molecular formula is C16H14N2O2. The van der Waals surface area contributed by atoms with E-state index in [0.717, 1.165) is 5.56 Å². The summed E-state index contributed by atoms with van der Waals surface area (Å²) in [6, 6.07) is 10.4. The zero-order valence-electron chi connectivity index (χ0n) is 11.0. The first-order chi connectivity index (χ1) is 9.65. The molecule has 1 N–H and O–H groups in total. The topological polar surface area (TPSA) is 59.1 Å². The van der Waals surface area contributed by atoms with E-state index in [1.165, 1.54) is 13.0 Å². The van der Waals surface area contributed by atoms with Crippen molar-refractivity contribution < 1.29 is 9.59 Å². The number of nitrogens with one attached hydrogen (secondary N) is 1. The molecule has 0 aliphatic heterocycles.